The van der Waals surface area contributed by atoms with Gasteiger partial charge in [0.1, 0.15) is 5.75 Å². The number of nitrogens with zero attached hydrogens (tertiary/aromatic N) is 1. The normalized spacial score (nSPS) is 14.2. The van der Waals surface area contributed by atoms with Gasteiger partial charge in [-0.2, -0.15) is 4.31 Å². The van der Waals surface area contributed by atoms with E-state index in [4.69, 9.17) is 4.74 Å². The fourth-order valence-electron chi connectivity index (χ4n) is 3.62. The Hall–Kier alpha value is -3.16. The molecule has 0 unspecified atom stereocenters. The molecule has 7 heteroatoms. The number of carbonyl (C=O) groups is 1. The monoisotopic (exact) mass is 450 g/mol. The molecule has 0 saturated carbocycles. The molecule has 0 atom stereocenters. The molecule has 1 N–H and O–H groups in total. The SMILES string of the molecule is O=C(Nc1ccc(S(=O)(=O)N2CCCC2)cc1)c1ccc(OCCc2ccccc2)cc1. The van der Waals surface area contributed by atoms with Gasteiger partial charge in [-0.15, -0.1) is 0 Å². The van der Waals surface area contributed by atoms with Crippen LogP contribution < -0.4 is 10.1 Å². The quantitative estimate of drug-likeness (QED) is 0.554. The zero-order valence-corrected chi connectivity index (χ0v) is 18.6. The lowest BCUT2D eigenvalue weighted by atomic mass is 10.2. The van der Waals surface area contributed by atoms with Gasteiger partial charge in [0.2, 0.25) is 10.0 Å². The molecule has 1 aliphatic rings. The van der Waals surface area contributed by atoms with E-state index in [1.54, 1.807) is 36.4 Å². The molecule has 4 rings (SSSR count). The molecular weight excluding hydrogens is 424 g/mol. The smallest absolute Gasteiger partial charge is 0.255 e. The van der Waals surface area contributed by atoms with Crippen molar-refractivity contribution in [3.05, 3.63) is 90.0 Å². The van der Waals surface area contributed by atoms with Gasteiger partial charge in [0.05, 0.1) is 11.5 Å². The van der Waals surface area contributed by atoms with E-state index in [-0.39, 0.29) is 10.8 Å². The van der Waals surface area contributed by atoms with Gasteiger partial charge in [0, 0.05) is 30.8 Å². The Labute approximate surface area is 188 Å². The van der Waals surface area contributed by atoms with Gasteiger partial charge in [-0.25, -0.2) is 8.42 Å². The van der Waals surface area contributed by atoms with Crippen LogP contribution in [0.2, 0.25) is 0 Å². The van der Waals surface area contributed by atoms with Crippen molar-refractivity contribution in [1.82, 2.24) is 4.31 Å². The van der Waals surface area contributed by atoms with Crippen LogP contribution in [0.1, 0.15) is 28.8 Å². The average Bonchev–Trinajstić information content (AvgIpc) is 3.37. The summed E-state index contributed by atoms with van der Waals surface area (Å²) >= 11 is 0. The molecule has 32 heavy (non-hydrogen) atoms. The number of carbonyl (C=O) groups excluding carboxylic acids is 1. The minimum Gasteiger partial charge on any atom is -0.493 e. The topological polar surface area (TPSA) is 75.7 Å². The van der Waals surface area contributed by atoms with E-state index in [0.717, 1.165) is 19.3 Å². The van der Waals surface area contributed by atoms with Crippen molar-refractivity contribution in [1.29, 1.82) is 0 Å². The van der Waals surface area contributed by atoms with E-state index in [2.05, 4.69) is 17.4 Å². The van der Waals surface area contributed by atoms with Crippen LogP contribution in [-0.4, -0.2) is 38.3 Å². The van der Waals surface area contributed by atoms with Crippen molar-refractivity contribution in [2.24, 2.45) is 0 Å². The number of ether oxygens (including phenoxy) is 1. The maximum Gasteiger partial charge on any atom is 0.255 e. The second-order valence-electron chi connectivity index (χ2n) is 7.70. The van der Waals surface area contributed by atoms with E-state index in [9.17, 15) is 13.2 Å². The number of anilines is 1. The summed E-state index contributed by atoms with van der Waals surface area (Å²) in [7, 11) is -3.46. The highest BCUT2D eigenvalue weighted by atomic mass is 32.2. The Balaban J connectivity index is 1.31. The van der Waals surface area contributed by atoms with Crippen LogP contribution in [-0.2, 0) is 16.4 Å². The van der Waals surface area contributed by atoms with E-state index in [1.807, 2.05) is 18.2 Å². The summed E-state index contributed by atoms with van der Waals surface area (Å²) in [6.45, 7) is 1.68. The molecule has 0 aromatic heterocycles. The van der Waals surface area contributed by atoms with Gasteiger partial charge < -0.3 is 10.1 Å². The van der Waals surface area contributed by atoms with Crippen molar-refractivity contribution >= 4 is 21.6 Å². The molecule has 166 valence electrons. The summed E-state index contributed by atoms with van der Waals surface area (Å²) in [6, 6.07) is 23.4. The third-order valence-electron chi connectivity index (χ3n) is 5.43. The molecule has 0 bridgehead atoms. The van der Waals surface area contributed by atoms with E-state index >= 15 is 0 Å². The maximum atomic E-state index is 12.6. The predicted molar refractivity (Wildman–Crippen MR) is 124 cm³/mol. The molecule has 1 fully saturated rings. The first kappa shape index (κ1) is 22.0. The number of benzene rings is 3. The summed E-state index contributed by atoms with van der Waals surface area (Å²) in [5, 5.41) is 2.80. The lowest BCUT2D eigenvalue weighted by molar-refractivity contribution is 0.102. The molecule has 1 amide bonds. The Morgan fingerprint density at radius 1 is 0.875 bits per heavy atom. The number of rotatable bonds is 8. The highest BCUT2D eigenvalue weighted by Gasteiger charge is 2.26. The molecular formula is C25H26N2O4S. The molecule has 1 saturated heterocycles. The lowest BCUT2D eigenvalue weighted by Crippen LogP contribution is -2.27. The van der Waals surface area contributed by atoms with Gasteiger partial charge in [0.15, 0.2) is 0 Å². The fourth-order valence-corrected chi connectivity index (χ4v) is 5.14. The van der Waals surface area contributed by atoms with Gasteiger partial charge in [-0.05, 0) is 66.9 Å². The Morgan fingerprint density at radius 3 is 2.19 bits per heavy atom. The number of hydrogen-bond acceptors (Lipinski definition) is 4. The molecule has 6 nitrogen and oxygen atoms in total. The zero-order chi connectivity index (χ0) is 22.4. The van der Waals surface area contributed by atoms with Crippen molar-refractivity contribution in [3.63, 3.8) is 0 Å². The summed E-state index contributed by atoms with van der Waals surface area (Å²) in [5.74, 6) is 0.435. The number of sulfonamides is 1. The molecule has 3 aromatic rings. The molecule has 0 radical (unpaired) electrons. The van der Waals surface area contributed by atoms with Crippen molar-refractivity contribution in [3.8, 4) is 5.75 Å². The van der Waals surface area contributed by atoms with Crippen LogP contribution in [0.5, 0.6) is 5.75 Å². The first-order chi connectivity index (χ1) is 15.5. The van der Waals surface area contributed by atoms with Gasteiger partial charge in [-0.3, -0.25) is 4.79 Å². The Kier molecular flexibility index (Phi) is 6.87. The first-order valence-corrected chi connectivity index (χ1v) is 12.1. The molecule has 1 aliphatic heterocycles. The average molecular weight is 451 g/mol. The van der Waals surface area contributed by atoms with Gasteiger partial charge >= 0.3 is 0 Å². The Bertz CT molecular complexity index is 1140. The first-order valence-electron chi connectivity index (χ1n) is 10.7. The maximum absolute atomic E-state index is 12.6. The Morgan fingerprint density at radius 2 is 1.53 bits per heavy atom. The zero-order valence-electron chi connectivity index (χ0n) is 17.7. The van der Waals surface area contributed by atoms with Crippen molar-refractivity contribution < 1.29 is 17.9 Å². The van der Waals surface area contributed by atoms with Crippen LogP contribution >= 0.6 is 0 Å². The minimum absolute atomic E-state index is 0.245. The predicted octanol–water partition coefficient (Wildman–Crippen LogP) is 4.34. The largest absolute Gasteiger partial charge is 0.493 e. The summed E-state index contributed by atoms with van der Waals surface area (Å²) in [6.07, 6.45) is 2.60. The van der Waals surface area contributed by atoms with Crippen LogP contribution in [0.25, 0.3) is 0 Å². The summed E-state index contributed by atoms with van der Waals surface area (Å²) < 4.78 is 32.5. The second kappa shape index (κ2) is 9.97. The molecule has 3 aromatic carbocycles. The number of hydrogen-bond donors (Lipinski definition) is 1. The summed E-state index contributed by atoms with van der Waals surface area (Å²) in [4.78, 5) is 12.8. The van der Waals surface area contributed by atoms with Gasteiger partial charge in [-0.1, -0.05) is 30.3 Å². The highest BCUT2D eigenvalue weighted by molar-refractivity contribution is 7.89. The second-order valence-corrected chi connectivity index (χ2v) is 9.64. The van der Waals surface area contributed by atoms with Gasteiger partial charge in [0.25, 0.3) is 5.91 Å². The van der Waals surface area contributed by atoms with E-state index in [1.165, 1.54) is 22.0 Å². The third kappa shape index (κ3) is 5.36. The molecule has 1 heterocycles. The third-order valence-corrected chi connectivity index (χ3v) is 7.35. The standard InChI is InChI=1S/C25H26N2O4S/c28-25(21-8-12-23(13-9-21)31-19-16-20-6-2-1-3-7-20)26-22-10-14-24(15-11-22)32(29,30)27-17-4-5-18-27/h1-3,6-15H,4-5,16-19H2,(H,26,28). The van der Waals surface area contributed by atoms with Crippen LogP contribution in [0.3, 0.4) is 0 Å². The van der Waals surface area contributed by atoms with Crippen LogP contribution in [0.15, 0.2) is 83.8 Å². The van der Waals surface area contributed by atoms with E-state index in [0.29, 0.717) is 36.7 Å². The minimum atomic E-state index is -3.46. The number of amides is 1. The molecule has 0 aliphatic carbocycles. The van der Waals surface area contributed by atoms with Crippen molar-refractivity contribution in [2.75, 3.05) is 25.0 Å². The number of nitrogens with one attached hydrogen (secondary N) is 1. The molecule has 0 spiro atoms. The van der Waals surface area contributed by atoms with Crippen LogP contribution in [0.4, 0.5) is 5.69 Å². The van der Waals surface area contributed by atoms with Crippen LogP contribution in [0, 0.1) is 0 Å². The fraction of sp³-hybridized carbons (Fsp3) is 0.240. The summed E-state index contributed by atoms with van der Waals surface area (Å²) in [5.41, 5.74) is 2.25. The highest BCUT2D eigenvalue weighted by Crippen LogP contribution is 2.22. The van der Waals surface area contributed by atoms with Crippen molar-refractivity contribution in [2.45, 2.75) is 24.2 Å². The van der Waals surface area contributed by atoms with E-state index < -0.39 is 10.0 Å². The lowest BCUT2D eigenvalue weighted by Gasteiger charge is -2.15.